The maximum Gasteiger partial charge on any atom is 0.302 e. The van der Waals surface area contributed by atoms with Gasteiger partial charge in [0.25, 0.3) is 5.56 Å². The van der Waals surface area contributed by atoms with Gasteiger partial charge in [0.15, 0.2) is 10.5 Å². The van der Waals surface area contributed by atoms with E-state index in [-0.39, 0.29) is 10.5 Å². The third kappa shape index (κ3) is 2.85. The highest BCUT2D eigenvalue weighted by Gasteiger charge is 2.18. The minimum atomic E-state index is -0.606. The highest BCUT2D eigenvalue weighted by atomic mass is 79.9. The van der Waals surface area contributed by atoms with Gasteiger partial charge in [0.05, 0.1) is 10.9 Å². The Morgan fingerprint density at radius 1 is 1.04 bits per heavy atom. The Hall–Kier alpha value is -2.77. The van der Waals surface area contributed by atoms with Crippen LogP contribution in [0.3, 0.4) is 0 Å². The first-order chi connectivity index (χ1) is 12.5. The largest absolute Gasteiger partial charge is 0.451 e. The molecule has 0 aliphatic rings. The minimum Gasteiger partial charge on any atom is -0.451 e. The Morgan fingerprint density at radius 3 is 2.54 bits per heavy atom. The Bertz CT molecular complexity index is 1250. The summed E-state index contributed by atoms with van der Waals surface area (Å²) in [4.78, 5) is 28.4. The number of hydrogen-bond acceptors (Lipinski definition) is 4. The third-order valence-electron chi connectivity index (χ3n) is 3.95. The van der Waals surface area contributed by atoms with Crippen LogP contribution >= 0.6 is 28.1 Å². The van der Waals surface area contributed by atoms with Crippen molar-refractivity contribution in [3.8, 4) is 11.3 Å². The molecule has 26 heavy (non-hydrogen) atoms. The number of H-pyrrole nitrogens is 1. The van der Waals surface area contributed by atoms with E-state index in [4.69, 9.17) is 16.6 Å². The SMILES string of the molecule is O=C(c1ccc(-c2ccc(Br)cc2)o1)n1c(=S)[nH]c2ccccc2c1=O. The van der Waals surface area contributed by atoms with Gasteiger partial charge in [0.1, 0.15) is 5.76 Å². The highest BCUT2D eigenvalue weighted by molar-refractivity contribution is 9.10. The summed E-state index contributed by atoms with van der Waals surface area (Å²) < 4.78 is 7.55. The fourth-order valence-electron chi connectivity index (χ4n) is 2.68. The fourth-order valence-corrected chi connectivity index (χ4v) is 3.22. The zero-order chi connectivity index (χ0) is 18.3. The molecular formula is C19H11BrN2O3S. The first kappa shape index (κ1) is 16.7. The maximum absolute atomic E-state index is 12.8. The van der Waals surface area contributed by atoms with E-state index in [1.165, 1.54) is 6.07 Å². The molecular weight excluding hydrogens is 416 g/mol. The van der Waals surface area contributed by atoms with Crippen molar-refractivity contribution < 1.29 is 9.21 Å². The van der Waals surface area contributed by atoms with Crippen molar-refractivity contribution in [2.75, 3.05) is 0 Å². The number of para-hydroxylation sites is 1. The van der Waals surface area contributed by atoms with Gasteiger partial charge in [0, 0.05) is 10.0 Å². The number of carbonyl (C=O) groups is 1. The molecule has 2 aromatic heterocycles. The molecule has 0 unspecified atom stereocenters. The number of aromatic amines is 1. The second-order valence-corrected chi connectivity index (χ2v) is 6.89. The van der Waals surface area contributed by atoms with Gasteiger partial charge in [-0.15, -0.1) is 0 Å². The van der Waals surface area contributed by atoms with E-state index in [2.05, 4.69) is 20.9 Å². The molecule has 0 aliphatic carbocycles. The van der Waals surface area contributed by atoms with E-state index in [1.807, 2.05) is 24.3 Å². The third-order valence-corrected chi connectivity index (χ3v) is 4.77. The van der Waals surface area contributed by atoms with Crippen molar-refractivity contribution >= 4 is 45.0 Å². The number of carbonyl (C=O) groups excluding carboxylic acids is 1. The number of rotatable bonds is 2. The summed E-state index contributed by atoms with van der Waals surface area (Å²) in [6.07, 6.45) is 0. The number of fused-ring (bicyclic) bond motifs is 1. The van der Waals surface area contributed by atoms with E-state index < -0.39 is 11.5 Å². The van der Waals surface area contributed by atoms with Crippen LogP contribution in [0.5, 0.6) is 0 Å². The maximum atomic E-state index is 12.8. The lowest BCUT2D eigenvalue weighted by Gasteiger charge is -2.05. The highest BCUT2D eigenvalue weighted by Crippen LogP contribution is 2.24. The van der Waals surface area contributed by atoms with Gasteiger partial charge in [0.2, 0.25) is 0 Å². The average Bonchev–Trinajstić information content (AvgIpc) is 3.12. The number of furan rings is 1. The molecule has 1 N–H and O–H groups in total. The first-order valence-electron chi connectivity index (χ1n) is 7.69. The molecule has 0 spiro atoms. The summed E-state index contributed by atoms with van der Waals surface area (Å²) in [5.41, 5.74) is 0.931. The average molecular weight is 427 g/mol. The van der Waals surface area contributed by atoms with Gasteiger partial charge < -0.3 is 9.40 Å². The van der Waals surface area contributed by atoms with Crippen LogP contribution in [-0.4, -0.2) is 15.5 Å². The molecule has 0 radical (unpaired) electrons. The summed E-state index contributed by atoms with van der Waals surface area (Å²) in [7, 11) is 0. The second kappa shape index (κ2) is 6.51. The van der Waals surface area contributed by atoms with Crippen LogP contribution in [0.25, 0.3) is 22.2 Å². The van der Waals surface area contributed by atoms with Crippen LogP contribution in [0.4, 0.5) is 0 Å². The number of hydrogen-bond donors (Lipinski definition) is 1. The molecule has 5 nitrogen and oxygen atoms in total. The molecule has 0 bridgehead atoms. The number of nitrogens with zero attached hydrogens (tertiary/aromatic N) is 1. The van der Waals surface area contributed by atoms with Crippen LogP contribution in [0, 0.1) is 4.77 Å². The minimum absolute atomic E-state index is 0.0280. The van der Waals surface area contributed by atoms with Crippen LogP contribution < -0.4 is 5.56 Å². The molecule has 4 aromatic rings. The predicted octanol–water partition coefficient (Wildman–Crippen LogP) is 4.77. The van der Waals surface area contributed by atoms with E-state index in [0.717, 1.165) is 14.6 Å². The topological polar surface area (TPSA) is 68.0 Å². The molecule has 0 aliphatic heterocycles. The molecule has 2 aromatic carbocycles. The molecule has 0 amide bonds. The summed E-state index contributed by atoms with van der Waals surface area (Å²) in [6, 6.07) is 17.6. The van der Waals surface area contributed by atoms with Crippen molar-refractivity contribution in [3.63, 3.8) is 0 Å². The fraction of sp³-hybridized carbons (Fsp3) is 0. The van der Waals surface area contributed by atoms with Crippen molar-refractivity contribution in [1.29, 1.82) is 0 Å². The summed E-state index contributed by atoms with van der Waals surface area (Å²) in [6.45, 7) is 0. The molecule has 7 heteroatoms. The Morgan fingerprint density at radius 2 is 1.77 bits per heavy atom. The van der Waals surface area contributed by atoms with Crippen LogP contribution in [0.2, 0.25) is 0 Å². The van der Waals surface area contributed by atoms with Gasteiger partial charge in [-0.25, -0.2) is 4.57 Å². The zero-order valence-corrected chi connectivity index (χ0v) is 15.6. The van der Waals surface area contributed by atoms with E-state index >= 15 is 0 Å². The monoisotopic (exact) mass is 426 g/mol. The molecule has 0 fully saturated rings. The summed E-state index contributed by atoms with van der Waals surface area (Å²) in [5.74, 6) is -0.0326. The van der Waals surface area contributed by atoms with Gasteiger partial charge in [-0.1, -0.05) is 40.2 Å². The van der Waals surface area contributed by atoms with Crippen molar-refractivity contribution in [2.24, 2.45) is 0 Å². The summed E-state index contributed by atoms with van der Waals surface area (Å²) >= 11 is 8.57. The van der Waals surface area contributed by atoms with Gasteiger partial charge in [-0.2, -0.15) is 0 Å². The smallest absolute Gasteiger partial charge is 0.302 e. The molecule has 0 atom stereocenters. The van der Waals surface area contributed by atoms with Gasteiger partial charge in [-0.3, -0.25) is 9.59 Å². The van der Waals surface area contributed by atoms with E-state index in [0.29, 0.717) is 16.7 Å². The van der Waals surface area contributed by atoms with Crippen molar-refractivity contribution in [2.45, 2.75) is 0 Å². The predicted molar refractivity (Wildman–Crippen MR) is 105 cm³/mol. The first-order valence-corrected chi connectivity index (χ1v) is 8.89. The number of benzene rings is 2. The van der Waals surface area contributed by atoms with Crippen LogP contribution in [0.1, 0.15) is 10.6 Å². The van der Waals surface area contributed by atoms with Crippen LogP contribution in [-0.2, 0) is 0 Å². The standard InChI is InChI=1S/C19H11BrN2O3S/c20-12-7-5-11(6-8-12)15-9-10-16(25-15)18(24)22-17(23)13-3-1-2-4-14(13)21-19(22)26/h1-10H,(H,21,26). The van der Waals surface area contributed by atoms with Gasteiger partial charge >= 0.3 is 5.91 Å². The zero-order valence-electron chi connectivity index (χ0n) is 13.2. The lowest BCUT2D eigenvalue weighted by molar-refractivity contribution is 0.0927. The Labute approximate surface area is 161 Å². The summed E-state index contributed by atoms with van der Waals surface area (Å²) in [5, 5.41) is 0.383. The van der Waals surface area contributed by atoms with E-state index in [9.17, 15) is 9.59 Å². The quantitative estimate of drug-likeness (QED) is 0.468. The normalized spacial score (nSPS) is 11.0. The Kier molecular flexibility index (Phi) is 4.18. The Balaban J connectivity index is 1.80. The molecule has 128 valence electrons. The molecule has 0 saturated heterocycles. The number of halogens is 1. The lowest BCUT2D eigenvalue weighted by Crippen LogP contribution is -2.28. The lowest BCUT2D eigenvalue weighted by atomic mass is 10.2. The van der Waals surface area contributed by atoms with Crippen molar-refractivity contribution in [3.05, 3.63) is 86.0 Å². The number of nitrogens with one attached hydrogen (secondary N) is 1. The second-order valence-electron chi connectivity index (χ2n) is 5.59. The van der Waals surface area contributed by atoms with Crippen molar-refractivity contribution in [1.82, 2.24) is 9.55 Å². The van der Waals surface area contributed by atoms with E-state index in [1.54, 1.807) is 30.3 Å². The molecule has 0 saturated carbocycles. The molecule has 2 heterocycles. The molecule has 4 rings (SSSR count). The number of aromatic nitrogens is 2. The van der Waals surface area contributed by atoms with Gasteiger partial charge in [-0.05, 0) is 48.6 Å². The van der Waals surface area contributed by atoms with Crippen LogP contribution in [0.15, 0.2) is 74.3 Å².